The molecule has 0 aromatic carbocycles. The Labute approximate surface area is 158 Å². The van der Waals surface area contributed by atoms with Crippen LogP contribution in [0.3, 0.4) is 0 Å². The fourth-order valence-electron chi connectivity index (χ4n) is 2.35. The molecular weight excluding hydrogens is 400 g/mol. The molecule has 25 heavy (non-hydrogen) atoms. The third-order valence-electron chi connectivity index (χ3n) is 3.53. The maximum Gasteiger partial charge on any atom is 0.266 e. The molecule has 10 heteroatoms. The van der Waals surface area contributed by atoms with Crippen LogP contribution in [0, 0.1) is 0 Å². The van der Waals surface area contributed by atoms with E-state index in [1.165, 1.54) is 34.1 Å². The fourth-order valence-corrected chi connectivity index (χ4v) is 5.62. The molecule has 0 unspecified atom stereocenters. The summed E-state index contributed by atoms with van der Waals surface area (Å²) >= 11 is 7.97. The lowest BCUT2D eigenvalue weighted by Crippen LogP contribution is -2.38. The first kappa shape index (κ1) is 18.3. The third kappa shape index (κ3) is 4.57. The molecule has 1 aromatic heterocycles. The van der Waals surface area contributed by atoms with Crippen molar-refractivity contribution in [3.05, 3.63) is 38.8 Å². The molecule has 2 amide bonds. The van der Waals surface area contributed by atoms with Gasteiger partial charge in [0.25, 0.3) is 5.91 Å². The number of amides is 2. The average Bonchev–Trinajstić information content (AvgIpc) is 3.21. The molecule has 0 spiro atoms. The van der Waals surface area contributed by atoms with Gasteiger partial charge in [0.05, 0.1) is 16.7 Å². The SMILES string of the molecule is O=C(CCN1C(=O)/C(=C\c2cccs2)SC1=S)N[C@@H]1C=CS(=O)(=O)C1. The zero-order valence-electron chi connectivity index (χ0n) is 12.9. The first-order valence-electron chi connectivity index (χ1n) is 7.33. The Morgan fingerprint density at radius 2 is 2.28 bits per heavy atom. The minimum Gasteiger partial charge on any atom is -0.349 e. The van der Waals surface area contributed by atoms with E-state index in [2.05, 4.69) is 5.32 Å². The van der Waals surface area contributed by atoms with E-state index in [9.17, 15) is 18.0 Å². The normalized spacial score (nSPS) is 23.6. The van der Waals surface area contributed by atoms with E-state index in [1.54, 1.807) is 6.08 Å². The van der Waals surface area contributed by atoms with Crippen molar-refractivity contribution in [2.75, 3.05) is 12.3 Å². The Morgan fingerprint density at radius 3 is 2.92 bits per heavy atom. The summed E-state index contributed by atoms with van der Waals surface area (Å²) < 4.78 is 23.1. The second-order valence-corrected chi connectivity index (χ2v) is 10.0. The topological polar surface area (TPSA) is 83.6 Å². The van der Waals surface area contributed by atoms with E-state index in [0.29, 0.717) is 9.23 Å². The Morgan fingerprint density at radius 1 is 1.48 bits per heavy atom. The van der Waals surface area contributed by atoms with Crippen molar-refractivity contribution in [1.82, 2.24) is 10.2 Å². The lowest BCUT2D eigenvalue weighted by molar-refractivity contribution is -0.124. The maximum atomic E-state index is 12.4. The van der Waals surface area contributed by atoms with Crippen molar-refractivity contribution in [3.8, 4) is 0 Å². The van der Waals surface area contributed by atoms with Crippen LogP contribution in [0.25, 0.3) is 6.08 Å². The molecule has 3 rings (SSSR count). The van der Waals surface area contributed by atoms with E-state index in [1.807, 2.05) is 17.5 Å². The monoisotopic (exact) mass is 414 g/mol. The number of carbonyl (C=O) groups excluding carboxylic acids is 2. The number of sulfone groups is 1. The fraction of sp³-hybridized carbons (Fsp3) is 0.267. The van der Waals surface area contributed by atoms with E-state index in [4.69, 9.17) is 12.2 Å². The largest absolute Gasteiger partial charge is 0.349 e. The molecule has 3 heterocycles. The van der Waals surface area contributed by atoms with Gasteiger partial charge in [0.2, 0.25) is 5.91 Å². The van der Waals surface area contributed by atoms with Gasteiger partial charge in [-0.3, -0.25) is 14.5 Å². The van der Waals surface area contributed by atoms with E-state index >= 15 is 0 Å². The van der Waals surface area contributed by atoms with Gasteiger partial charge in [-0.25, -0.2) is 8.42 Å². The molecule has 1 saturated heterocycles. The van der Waals surface area contributed by atoms with Gasteiger partial charge >= 0.3 is 0 Å². The molecule has 132 valence electrons. The lowest BCUT2D eigenvalue weighted by atomic mass is 10.3. The molecule has 1 atom stereocenters. The van der Waals surface area contributed by atoms with Crippen LogP contribution < -0.4 is 5.32 Å². The van der Waals surface area contributed by atoms with Crippen LogP contribution in [0.15, 0.2) is 33.9 Å². The van der Waals surface area contributed by atoms with Crippen molar-refractivity contribution in [3.63, 3.8) is 0 Å². The quantitative estimate of drug-likeness (QED) is 0.584. The molecule has 1 aromatic rings. The highest BCUT2D eigenvalue weighted by Crippen LogP contribution is 2.33. The lowest BCUT2D eigenvalue weighted by Gasteiger charge is -2.15. The predicted octanol–water partition coefficient (Wildman–Crippen LogP) is 1.77. The zero-order chi connectivity index (χ0) is 18.0. The number of hydrogen-bond acceptors (Lipinski definition) is 7. The molecule has 0 aliphatic carbocycles. The highest BCUT2D eigenvalue weighted by atomic mass is 32.2. The highest BCUT2D eigenvalue weighted by Gasteiger charge is 2.32. The Kier molecular flexibility index (Phi) is 5.42. The van der Waals surface area contributed by atoms with Crippen molar-refractivity contribution < 1.29 is 18.0 Å². The minimum absolute atomic E-state index is 0.0586. The van der Waals surface area contributed by atoms with Crippen molar-refractivity contribution in [2.24, 2.45) is 0 Å². The summed E-state index contributed by atoms with van der Waals surface area (Å²) in [6.45, 7) is 0.168. The van der Waals surface area contributed by atoms with Gasteiger partial charge < -0.3 is 5.32 Å². The molecule has 0 bridgehead atoms. The Bertz CT molecular complexity index is 871. The number of nitrogens with zero attached hydrogens (tertiary/aromatic N) is 1. The van der Waals surface area contributed by atoms with E-state index < -0.39 is 15.9 Å². The molecule has 0 saturated carbocycles. The number of nitrogens with one attached hydrogen (secondary N) is 1. The van der Waals surface area contributed by atoms with Gasteiger partial charge in [-0.2, -0.15) is 0 Å². The molecule has 0 radical (unpaired) electrons. The van der Waals surface area contributed by atoms with Crippen molar-refractivity contribution in [1.29, 1.82) is 0 Å². The summed E-state index contributed by atoms with van der Waals surface area (Å²) in [6.07, 6.45) is 3.30. The van der Waals surface area contributed by atoms with E-state index in [-0.39, 0.29) is 30.5 Å². The van der Waals surface area contributed by atoms with Crippen LogP contribution in [-0.2, 0) is 19.4 Å². The first-order valence-corrected chi connectivity index (χ1v) is 11.2. The van der Waals surface area contributed by atoms with Gasteiger partial charge in [-0.05, 0) is 23.6 Å². The molecule has 2 aliphatic heterocycles. The average molecular weight is 415 g/mol. The maximum absolute atomic E-state index is 12.4. The summed E-state index contributed by atoms with van der Waals surface area (Å²) in [5.41, 5.74) is 0. The zero-order valence-corrected chi connectivity index (χ0v) is 16.1. The molecule has 2 aliphatic rings. The van der Waals surface area contributed by atoms with Gasteiger partial charge in [-0.15, -0.1) is 11.3 Å². The number of hydrogen-bond donors (Lipinski definition) is 1. The number of thiocarbonyl (C=S) groups is 1. The van der Waals surface area contributed by atoms with Crippen molar-refractivity contribution >= 4 is 67.4 Å². The first-order chi connectivity index (χ1) is 11.8. The second-order valence-electron chi connectivity index (χ2n) is 5.43. The van der Waals surface area contributed by atoms with E-state index in [0.717, 1.165) is 10.3 Å². The number of thiophene rings is 1. The van der Waals surface area contributed by atoms with Crippen LogP contribution in [-0.4, -0.2) is 47.8 Å². The summed E-state index contributed by atoms with van der Waals surface area (Å²) in [7, 11) is -3.21. The van der Waals surface area contributed by atoms with Crippen LogP contribution >= 0.6 is 35.3 Å². The van der Waals surface area contributed by atoms with Gasteiger partial charge in [-0.1, -0.05) is 30.0 Å². The number of thioether (sulfide) groups is 1. The molecular formula is C15H14N2O4S4. The van der Waals surface area contributed by atoms with Crippen molar-refractivity contribution in [2.45, 2.75) is 12.5 Å². The molecule has 1 N–H and O–H groups in total. The van der Waals surface area contributed by atoms with Gasteiger partial charge in [0.15, 0.2) is 9.84 Å². The van der Waals surface area contributed by atoms with Crippen LogP contribution in [0.5, 0.6) is 0 Å². The summed E-state index contributed by atoms with van der Waals surface area (Å²) in [5.74, 6) is -0.647. The van der Waals surface area contributed by atoms with Crippen LogP contribution in [0.1, 0.15) is 11.3 Å². The summed E-state index contributed by atoms with van der Waals surface area (Å²) in [5, 5.41) is 5.66. The van der Waals surface area contributed by atoms with Gasteiger partial charge in [0, 0.05) is 23.3 Å². The minimum atomic E-state index is -3.21. The number of carbonyl (C=O) groups is 2. The standard InChI is InChI=1S/C15H14N2O4S4/c18-13(16-10-4-7-25(20,21)9-10)3-5-17-14(19)12(24-15(17)22)8-11-2-1-6-23-11/h1-2,4,6-8,10H,3,5,9H2,(H,16,18)/b12-8+/t10-/m1/s1. The Balaban J connectivity index is 1.54. The van der Waals surface area contributed by atoms with Gasteiger partial charge in [0.1, 0.15) is 4.32 Å². The van der Waals surface area contributed by atoms with Crippen LogP contribution in [0.2, 0.25) is 0 Å². The smallest absolute Gasteiger partial charge is 0.266 e. The molecule has 1 fully saturated rings. The van der Waals surface area contributed by atoms with Crippen LogP contribution in [0.4, 0.5) is 0 Å². The summed E-state index contributed by atoms with van der Waals surface area (Å²) in [4.78, 5) is 27.3. The number of rotatable bonds is 5. The molecule has 6 nitrogen and oxygen atoms in total. The third-order valence-corrected chi connectivity index (χ3v) is 7.12. The predicted molar refractivity (Wildman–Crippen MR) is 104 cm³/mol. The highest BCUT2D eigenvalue weighted by molar-refractivity contribution is 8.26. The summed E-state index contributed by atoms with van der Waals surface area (Å²) in [6, 6.07) is 3.30. The Hall–Kier alpha value is -1.49. The second kappa shape index (κ2) is 7.40.